The Balaban J connectivity index is 1.89. The standard InChI is InChI=1S/C12H13NO3/c1-2-7-14-10-4-3-5-11-12(10,16-11)9-6-8-15-13-9/h3-6,8,10H,2,7H2,1H3. The van der Waals surface area contributed by atoms with Crippen molar-refractivity contribution in [2.75, 3.05) is 6.61 Å². The van der Waals surface area contributed by atoms with Gasteiger partial charge in [0, 0.05) is 12.7 Å². The summed E-state index contributed by atoms with van der Waals surface area (Å²) in [5, 5.41) is 3.96. The SMILES string of the molecule is CCCOC1C=CC=C2OC21c1ccon1. The van der Waals surface area contributed by atoms with Gasteiger partial charge < -0.3 is 14.0 Å². The quantitative estimate of drug-likeness (QED) is 0.728. The summed E-state index contributed by atoms with van der Waals surface area (Å²) in [4.78, 5) is 0. The molecule has 2 unspecified atom stereocenters. The lowest BCUT2D eigenvalue weighted by Gasteiger charge is -2.19. The van der Waals surface area contributed by atoms with Gasteiger partial charge in [-0.25, -0.2) is 0 Å². The zero-order valence-corrected chi connectivity index (χ0v) is 9.05. The van der Waals surface area contributed by atoms with Crippen molar-refractivity contribution < 1.29 is 14.0 Å². The Morgan fingerprint density at radius 2 is 2.50 bits per heavy atom. The minimum Gasteiger partial charge on any atom is -0.469 e. The molecule has 1 aromatic heterocycles. The van der Waals surface area contributed by atoms with Crippen LogP contribution in [0.2, 0.25) is 0 Å². The van der Waals surface area contributed by atoms with E-state index >= 15 is 0 Å². The molecule has 0 amide bonds. The maximum Gasteiger partial charge on any atom is 0.239 e. The number of hydrogen-bond donors (Lipinski definition) is 0. The van der Waals surface area contributed by atoms with Gasteiger partial charge in [0.25, 0.3) is 0 Å². The summed E-state index contributed by atoms with van der Waals surface area (Å²) in [7, 11) is 0. The maximum atomic E-state index is 5.78. The first-order valence-corrected chi connectivity index (χ1v) is 5.48. The predicted molar refractivity (Wildman–Crippen MR) is 56.5 cm³/mol. The number of hydrogen-bond acceptors (Lipinski definition) is 4. The molecule has 0 bridgehead atoms. The Morgan fingerprint density at radius 3 is 3.25 bits per heavy atom. The predicted octanol–water partition coefficient (Wildman–Crippen LogP) is 2.15. The van der Waals surface area contributed by atoms with E-state index in [0.29, 0.717) is 6.61 Å². The second kappa shape index (κ2) is 3.49. The lowest BCUT2D eigenvalue weighted by molar-refractivity contribution is 0.0226. The molecule has 84 valence electrons. The van der Waals surface area contributed by atoms with Crippen molar-refractivity contribution in [1.29, 1.82) is 0 Å². The van der Waals surface area contributed by atoms with Crippen LogP contribution in [0.15, 0.2) is 40.8 Å². The molecular weight excluding hydrogens is 206 g/mol. The maximum absolute atomic E-state index is 5.78. The van der Waals surface area contributed by atoms with E-state index in [1.807, 2.05) is 24.3 Å². The molecule has 16 heavy (non-hydrogen) atoms. The van der Waals surface area contributed by atoms with E-state index in [9.17, 15) is 0 Å². The van der Waals surface area contributed by atoms with Crippen LogP contribution in [0, 0.1) is 0 Å². The Labute approximate surface area is 93.5 Å². The Morgan fingerprint density at radius 1 is 1.56 bits per heavy atom. The molecule has 4 nitrogen and oxygen atoms in total. The normalized spacial score (nSPS) is 30.6. The number of aromatic nitrogens is 1. The zero-order chi connectivity index (χ0) is 11.0. The smallest absolute Gasteiger partial charge is 0.239 e. The van der Waals surface area contributed by atoms with Crippen LogP contribution in [0.5, 0.6) is 0 Å². The molecule has 0 radical (unpaired) electrons. The van der Waals surface area contributed by atoms with Crippen LogP contribution in [0.4, 0.5) is 0 Å². The number of allylic oxidation sites excluding steroid dienone is 2. The van der Waals surface area contributed by atoms with E-state index in [1.165, 1.54) is 0 Å². The summed E-state index contributed by atoms with van der Waals surface area (Å²) in [5.74, 6) is 0.907. The molecule has 4 heteroatoms. The van der Waals surface area contributed by atoms with Gasteiger partial charge in [-0.15, -0.1) is 0 Å². The third kappa shape index (κ3) is 1.23. The molecule has 1 aliphatic heterocycles. The summed E-state index contributed by atoms with van der Waals surface area (Å²) in [6.07, 6.45) is 8.34. The summed E-state index contributed by atoms with van der Waals surface area (Å²) in [5.41, 5.74) is 0.265. The fourth-order valence-corrected chi connectivity index (χ4v) is 2.03. The van der Waals surface area contributed by atoms with Crippen LogP contribution < -0.4 is 0 Å². The van der Waals surface area contributed by atoms with E-state index in [4.69, 9.17) is 14.0 Å². The molecular formula is C12H13NO3. The van der Waals surface area contributed by atoms with Gasteiger partial charge in [-0.05, 0) is 12.5 Å². The third-order valence-corrected chi connectivity index (χ3v) is 2.85. The molecule has 0 saturated carbocycles. The molecule has 1 aromatic rings. The van der Waals surface area contributed by atoms with Crippen LogP contribution in [0.25, 0.3) is 0 Å². The summed E-state index contributed by atoms with van der Waals surface area (Å²) < 4.78 is 16.3. The third-order valence-electron chi connectivity index (χ3n) is 2.85. The van der Waals surface area contributed by atoms with Crippen LogP contribution in [-0.2, 0) is 15.1 Å². The Kier molecular flexibility index (Phi) is 2.11. The van der Waals surface area contributed by atoms with E-state index < -0.39 is 5.60 Å². The largest absolute Gasteiger partial charge is 0.469 e. The summed E-state index contributed by atoms with van der Waals surface area (Å²) >= 11 is 0. The molecule has 0 aromatic carbocycles. The summed E-state index contributed by atoms with van der Waals surface area (Å²) in [6.45, 7) is 2.80. The van der Waals surface area contributed by atoms with E-state index in [-0.39, 0.29) is 6.10 Å². The van der Waals surface area contributed by atoms with Crippen molar-refractivity contribution in [2.45, 2.75) is 25.0 Å². The van der Waals surface area contributed by atoms with Crippen LogP contribution >= 0.6 is 0 Å². The molecule has 1 aliphatic carbocycles. The fraction of sp³-hybridized carbons (Fsp3) is 0.417. The highest BCUT2D eigenvalue weighted by Gasteiger charge is 2.63. The molecule has 1 fully saturated rings. The van der Waals surface area contributed by atoms with Gasteiger partial charge in [0.05, 0.1) is 0 Å². The lowest BCUT2D eigenvalue weighted by atomic mass is 9.93. The first-order chi connectivity index (χ1) is 7.88. The molecule has 2 heterocycles. The van der Waals surface area contributed by atoms with Crippen molar-refractivity contribution in [2.24, 2.45) is 0 Å². The topological polar surface area (TPSA) is 47.8 Å². The van der Waals surface area contributed by atoms with Gasteiger partial charge in [-0.3, -0.25) is 0 Å². The van der Waals surface area contributed by atoms with Crippen molar-refractivity contribution in [3.63, 3.8) is 0 Å². The van der Waals surface area contributed by atoms with Crippen molar-refractivity contribution in [3.05, 3.63) is 42.0 Å². The molecule has 3 rings (SSSR count). The van der Waals surface area contributed by atoms with Crippen molar-refractivity contribution in [1.82, 2.24) is 5.16 Å². The van der Waals surface area contributed by atoms with Crippen LogP contribution in [-0.4, -0.2) is 17.9 Å². The minimum atomic E-state index is -0.517. The molecule has 2 aliphatic rings. The average molecular weight is 219 g/mol. The average Bonchev–Trinajstić information content (AvgIpc) is 2.82. The molecule has 0 spiro atoms. The molecule has 1 saturated heterocycles. The van der Waals surface area contributed by atoms with E-state index in [0.717, 1.165) is 17.9 Å². The van der Waals surface area contributed by atoms with Gasteiger partial charge >= 0.3 is 0 Å². The van der Waals surface area contributed by atoms with E-state index in [2.05, 4.69) is 12.1 Å². The van der Waals surface area contributed by atoms with Gasteiger partial charge in [-0.2, -0.15) is 0 Å². The monoisotopic (exact) mass is 219 g/mol. The van der Waals surface area contributed by atoms with Crippen molar-refractivity contribution >= 4 is 0 Å². The van der Waals surface area contributed by atoms with Gasteiger partial charge in [0.2, 0.25) is 5.60 Å². The minimum absolute atomic E-state index is 0.0995. The first-order valence-electron chi connectivity index (χ1n) is 5.48. The second-order valence-corrected chi connectivity index (χ2v) is 3.93. The van der Waals surface area contributed by atoms with Crippen LogP contribution in [0.1, 0.15) is 19.0 Å². The molecule has 0 N–H and O–H groups in total. The Hall–Kier alpha value is -1.55. The van der Waals surface area contributed by atoms with Crippen LogP contribution in [0.3, 0.4) is 0 Å². The van der Waals surface area contributed by atoms with Gasteiger partial charge in [-0.1, -0.05) is 24.2 Å². The lowest BCUT2D eigenvalue weighted by Crippen LogP contribution is -2.30. The summed E-state index contributed by atoms with van der Waals surface area (Å²) in [6, 6.07) is 1.82. The Bertz CT molecular complexity index is 435. The number of epoxide rings is 1. The number of ether oxygens (including phenoxy) is 2. The number of nitrogens with zero attached hydrogens (tertiary/aromatic N) is 1. The highest BCUT2D eigenvalue weighted by atomic mass is 16.6. The zero-order valence-electron chi connectivity index (χ0n) is 9.05. The highest BCUT2D eigenvalue weighted by Crippen LogP contribution is 2.55. The van der Waals surface area contributed by atoms with E-state index in [1.54, 1.807) is 6.26 Å². The fourth-order valence-electron chi connectivity index (χ4n) is 2.03. The van der Waals surface area contributed by atoms with Crippen molar-refractivity contribution in [3.8, 4) is 0 Å². The number of rotatable bonds is 4. The second-order valence-electron chi connectivity index (χ2n) is 3.93. The highest BCUT2D eigenvalue weighted by molar-refractivity contribution is 5.44. The number of fused-ring (bicyclic) bond motifs is 1. The van der Waals surface area contributed by atoms with Gasteiger partial charge in [0.1, 0.15) is 18.1 Å². The van der Waals surface area contributed by atoms with Gasteiger partial charge in [0.15, 0.2) is 5.76 Å². The first kappa shape index (κ1) is 9.66. The molecule has 2 atom stereocenters.